The molecule has 142 valence electrons. The number of ketones is 1. The number of halogens is 2. The van der Waals surface area contributed by atoms with Gasteiger partial charge in [-0.1, -0.05) is 35.3 Å². The number of carbonyl (C=O) groups is 1. The summed E-state index contributed by atoms with van der Waals surface area (Å²) in [6.07, 6.45) is 1.23. The molecule has 0 spiro atoms. The Morgan fingerprint density at radius 3 is 2.29 bits per heavy atom. The third-order valence-corrected chi connectivity index (χ3v) is 3.74. The summed E-state index contributed by atoms with van der Waals surface area (Å²) < 4.78 is 0. The summed E-state index contributed by atoms with van der Waals surface area (Å²) in [6.45, 7) is 1.46. The maximum atomic E-state index is 11.2. The van der Waals surface area contributed by atoms with E-state index in [0.717, 1.165) is 0 Å². The van der Waals surface area contributed by atoms with Crippen LogP contribution in [0.4, 0.5) is 5.69 Å². The Morgan fingerprint density at radius 2 is 1.79 bits per heavy atom. The number of anilines is 1. The zero-order valence-corrected chi connectivity index (χ0v) is 18.3. The maximum absolute atomic E-state index is 11.2. The van der Waals surface area contributed by atoms with Crippen LogP contribution in [0.5, 0.6) is 0 Å². The Balaban J connectivity index is 0.000000428. The fourth-order valence-corrected chi connectivity index (χ4v) is 2.30. The van der Waals surface area contributed by atoms with E-state index in [0.29, 0.717) is 32.2 Å². The Morgan fingerprint density at radius 1 is 1.21 bits per heavy atom. The number of H-pyrrole nitrogens is 1. The number of aromatic nitrogens is 2. The summed E-state index contributed by atoms with van der Waals surface area (Å²) in [4.78, 5) is 32.8. The molecule has 0 radical (unpaired) electrons. The van der Waals surface area contributed by atoms with Gasteiger partial charge >= 0.3 is 29.6 Å². The molecule has 0 aliphatic carbocycles. The van der Waals surface area contributed by atoms with Gasteiger partial charge in [0.05, 0.1) is 32.8 Å². The smallest absolute Gasteiger partial charge is 0.635 e. The van der Waals surface area contributed by atoms with Gasteiger partial charge in [-0.15, -0.1) is 4.91 Å². The Bertz CT molecular complexity index is 1000. The van der Waals surface area contributed by atoms with Gasteiger partial charge in [0.2, 0.25) is 5.43 Å². The summed E-state index contributed by atoms with van der Waals surface area (Å²) in [6, 6.07) is 10.2. The molecule has 0 atom stereocenters. The van der Waals surface area contributed by atoms with Crippen LogP contribution in [0.2, 0.25) is 10.0 Å². The molecule has 0 aliphatic heterocycles. The SMILES string of the molecule is CC(=O)c1cccc(Cl)c1N.O=NO[O-].O=c1cn[nH]c2c(Cl)cccc12.[Na+]. The van der Waals surface area contributed by atoms with Crippen molar-refractivity contribution >= 4 is 45.6 Å². The van der Waals surface area contributed by atoms with Gasteiger partial charge in [-0.05, 0) is 31.2 Å². The fourth-order valence-electron chi connectivity index (χ4n) is 1.91. The first-order valence-electron chi connectivity index (χ1n) is 7.12. The number of hydrogen-bond acceptors (Lipinski definition) is 8. The second-order valence-electron chi connectivity index (χ2n) is 4.80. The normalized spacial score (nSPS) is 9.00. The van der Waals surface area contributed by atoms with Crippen LogP contribution in [0.1, 0.15) is 17.3 Å². The molecule has 0 unspecified atom stereocenters. The molecule has 0 aliphatic rings. The largest absolute Gasteiger partial charge is 1.00 e. The first-order chi connectivity index (χ1) is 12.8. The average Bonchev–Trinajstić information content (AvgIpc) is 2.65. The van der Waals surface area contributed by atoms with Crippen molar-refractivity contribution in [2.24, 2.45) is 5.34 Å². The van der Waals surface area contributed by atoms with Crippen molar-refractivity contribution < 1.29 is 44.6 Å². The molecule has 3 N–H and O–H groups in total. The van der Waals surface area contributed by atoms with Crippen LogP contribution in [0, 0.1) is 4.91 Å². The van der Waals surface area contributed by atoms with E-state index in [9.17, 15) is 9.59 Å². The van der Waals surface area contributed by atoms with Crippen molar-refractivity contribution in [3.63, 3.8) is 0 Å². The predicted octanol–water partition coefficient (Wildman–Crippen LogP) is -0.335. The summed E-state index contributed by atoms with van der Waals surface area (Å²) in [5.74, 6) is -0.0648. The van der Waals surface area contributed by atoms with Crippen LogP contribution in [0.15, 0.2) is 52.7 Å². The topological polar surface area (TPSA) is 151 Å². The summed E-state index contributed by atoms with van der Waals surface area (Å²) >= 11 is 11.5. The molecule has 12 heteroatoms. The first kappa shape index (κ1) is 26.0. The van der Waals surface area contributed by atoms with E-state index < -0.39 is 0 Å². The summed E-state index contributed by atoms with van der Waals surface area (Å²) in [7, 11) is 0. The minimum absolute atomic E-state index is 0. The van der Waals surface area contributed by atoms with Crippen LogP contribution in [-0.2, 0) is 4.99 Å². The van der Waals surface area contributed by atoms with Crippen molar-refractivity contribution in [3.8, 4) is 0 Å². The molecule has 1 aromatic heterocycles. The van der Waals surface area contributed by atoms with Gasteiger partial charge in [-0.25, -0.2) is 0 Å². The summed E-state index contributed by atoms with van der Waals surface area (Å²) in [5, 5.41) is 17.6. The Labute approximate surface area is 190 Å². The molecule has 0 fully saturated rings. The minimum Gasteiger partial charge on any atom is -0.635 e. The van der Waals surface area contributed by atoms with Crippen LogP contribution < -0.4 is 46.0 Å². The van der Waals surface area contributed by atoms with Gasteiger partial charge < -0.3 is 16.0 Å². The van der Waals surface area contributed by atoms with Crippen LogP contribution in [-0.4, -0.2) is 16.0 Å². The molecule has 2 aromatic carbocycles. The zero-order chi connectivity index (χ0) is 20.4. The van der Waals surface area contributed by atoms with Crippen molar-refractivity contribution in [3.05, 3.63) is 73.3 Å². The van der Waals surface area contributed by atoms with Gasteiger partial charge in [-0.3, -0.25) is 14.7 Å². The monoisotopic (exact) mass is 434 g/mol. The first-order valence-corrected chi connectivity index (χ1v) is 7.87. The minimum atomic E-state index is -0.119. The van der Waals surface area contributed by atoms with Crippen LogP contribution in [0.25, 0.3) is 10.9 Å². The van der Waals surface area contributed by atoms with Gasteiger partial charge in [0.25, 0.3) is 0 Å². The van der Waals surface area contributed by atoms with E-state index in [2.05, 4.69) is 15.2 Å². The van der Waals surface area contributed by atoms with Crippen molar-refractivity contribution in [2.45, 2.75) is 6.92 Å². The average molecular weight is 435 g/mol. The van der Waals surface area contributed by atoms with Crippen LogP contribution in [0.3, 0.4) is 0 Å². The van der Waals surface area contributed by atoms with E-state index in [-0.39, 0.29) is 40.8 Å². The number of nitrogen functional groups attached to an aromatic ring is 1. The molecule has 1 heterocycles. The number of Topliss-reactive ketones (excluding diaryl/α,β-unsaturated/α-hetero) is 1. The quantitative estimate of drug-likeness (QED) is 0.140. The van der Waals surface area contributed by atoms with E-state index in [4.69, 9.17) is 39.1 Å². The van der Waals surface area contributed by atoms with Crippen molar-refractivity contribution in [2.75, 3.05) is 5.73 Å². The Kier molecular flexibility index (Phi) is 12.3. The number of nitrogens with zero attached hydrogens (tertiary/aromatic N) is 2. The van der Waals surface area contributed by atoms with Gasteiger partial charge in [0.15, 0.2) is 5.78 Å². The third kappa shape index (κ3) is 7.55. The number of benzene rings is 2. The molecule has 0 saturated carbocycles. The zero-order valence-electron chi connectivity index (χ0n) is 14.8. The maximum Gasteiger partial charge on any atom is 1.00 e. The number of nitrogens with two attached hydrogens (primary N) is 1. The molecule has 0 amide bonds. The number of rotatable bonds is 2. The summed E-state index contributed by atoms with van der Waals surface area (Å²) in [5.41, 5.74) is 6.85. The number of fused-ring (bicyclic) bond motifs is 1. The molecule has 0 saturated heterocycles. The van der Waals surface area contributed by atoms with Gasteiger partial charge in [-0.2, -0.15) is 5.10 Å². The number of para-hydroxylation sites is 2. The van der Waals surface area contributed by atoms with Gasteiger partial charge in [0.1, 0.15) is 5.34 Å². The molecule has 28 heavy (non-hydrogen) atoms. The van der Waals surface area contributed by atoms with E-state index in [1.54, 1.807) is 36.4 Å². The van der Waals surface area contributed by atoms with Crippen molar-refractivity contribution in [1.29, 1.82) is 0 Å². The standard InChI is InChI=1S/C8H5ClN2O.C8H8ClNO.HNO3.Na/c9-6-3-1-2-5-7(12)4-10-11-8(5)6;1-5(11)6-3-2-4-7(9)8(6)10;2-1-4-3;/h1-4H,(H,11,12);2-4H,10H2,1H3;3H;/q;;;+1/p-1. The Hall–Kier alpha value is -2.01. The second-order valence-corrected chi connectivity index (χ2v) is 5.62. The van der Waals surface area contributed by atoms with E-state index in [1.807, 2.05) is 0 Å². The molecular weight excluding hydrogens is 422 g/mol. The molecule has 9 nitrogen and oxygen atoms in total. The number of aromatic amines is 1. The molecule has 3 aromatic rings. The third-order valence-electron chi connectivity index (χ3n) is 3.10. The number of hydrogen-bond donors (Lipinski definition) is 2. The van der Waals surface area contributed by atoms with Crippen molar-refractivity contribution in [1.82, 2.24) is 10.2 Å². The molecule has 0 bridgehead atoms. The molecule has 3 rings (SSSR count). The van der Waals surface area contributed by atoms with E-state index >= 15 is 0 Å². The predicted molar refractivity (Wildman–Crippen MR) is 100 cm³/mol. The number of carbonyl (C=O) groups excluding carboxylic acids is 1. The van der Waals surface area contributed by atoms with E-state index in [1.165, 1.54) is 18.5 Å². The fraction of sp³-hybridized carbons (Fsp3) is 0.0625. The van der Waals surface area contributed by atoms with Crippen LogP contribution >= 0.6 is 23.2 Å². The second kappa shape index (κ2) is 13.2. The van der Waals surface area contributed by atoms with Gasteiger partial charge in [0, 0.05) is 5.56 Å². The molecular formula is C16H13Cl2N4NaO5. The number of nitrogens with one attached hydrogen (secondary N) is 1.